The molecule has 30 heavy (non-hydrogen) atoms. The van der Waals surface area contributed by atoms with E-state index in [2.05, 4.69) is 11.4 Å². The predicted octanol–water partition coefficient (Wildman–Crippen LogP) is 3.79. The van der Waals surface area contributed by atoms with Crippen LogP contribution < -0.4 is 5.32 Å². The van der Waals surface area contributed by atoms with Gasteiger partial charge < -0.3 is 15.0 Å². The van der Waals surface area contributed by atoms with Gasteiger partial charge in [-0.3, -0.25) is 9.59 Å². The molecule has 1 atom stereocenters. The molecule has 1 N–H and O–H groups in total. The average molecular weight is 431 g/mol. The molecule has 2 aliphatic rings. The first kappa shape index (κ1) is 21.0. The fraction of sp³-hybridized carbons (Fsp3) is 0.478. The first-order chi connectivity index (χ1) is 14.5. The molecule has 1 aromatic carbocycles. The van der Waals surface area contributed by atoms with E-state index in [4.69, 9.17) is 4.74 Å². The summed E-state index contributed by atoms with van der Waals surface area (Å²) in [4.78, 5) is 27.8. The summed E-state index contributed by atoms with van der Waals surface area (Å²) in [6, 6.07) is 9.75. The number of piperidine rings is 1. The summed E-state index contributed by atoms with van der Waals surface area (Å²) in [7, 11) is 0. The third-order valence-corrected chi connectivity index (χ3v) is 7.03. The van der Waals surface area contributed by atoms with Crippen LogP contribution in [0.5, 0.6) is 0 Å². The number of amides is 2. The molecule has 7 heteroatoms. The molecular formula is C23H27FN2O3S. The number of aryl methyl sites for hydroxylation is 1. The minimum absolute atomic E-state index is 0.0371. The molecule has 0 saturated carbocycles. The van der Waals surface area contributed by atoms with E-state index in [-0.39, 0.29) is 29.3 Å². The van der Waals surface area contributed by atoms with Crippen LogP contribution in [0.15, 0.2) is 41.8 Å². The van der Waals surface area contributed by atoms with Gasteiger partial charge in [0.25, 0.3) is 5.91 Å². The second-order valence-electron chi connectivity index (χ2n) is 8.14. The lowest BCUT2D eigenvalue weighted by Gasteiger charge is -2.39. The molecule has 0 bridgehead atoms. The summed E-state index contributed by atoms with van der Waals surface area (Å²) in [6.45, 7) is 1.81. The van der Waals surface area contributed by atoms with Gasteiger partial charge in [0.15, 0.2) is 0 Å². The zero-order valence-electron chi connectivity index (χ0n) is 16.9. The predicted molar refractivity (Wildman–Crippen MR) is 114 cm³/mol. The van der Waals surface area contributed by atoms with E-state index in [9.17, 15) is 14.0 Å². The van der Waals surface area contributed by atoms with Crippen LogP contribution in [-0.2, 0) is 16.0 Å². The SMILES string of the molecule is O=C(CCc1cccs1)NCC1CCC2(CCN(C(=O)c3ccc(F)cc3)CC2)O1. The van der Waals surface area contributed by atoms with Gasteiger partial charge in [0.2, 0.25) is 5.91 Å². The van der Waals surface area contributed by atoms with Gasteiger partial charge in [-0.1, -0.05) is 6.07 Å². The molecule has 2 amide bonds. The molecule has 2 aromatic rings. The van der Waals surface area contributed by atoms with E-state index >= 15 is 0 Å². The summed E-state index contributed by atoms with van der Waals surface area (Å²) in [5.41, 5.74) is 0.328. The number of nitrogens with one attached hydrogen (secondary N) is 1. The van der Waals surface area contributed by atoms with E-state index in [0.717, 1.165) is 32.1 Å². The zero-order valence-corrected chi connectivity index (χ0v) is 17.8. The van der Waals surface area contributed by atoms with Crippen molar-refractivity contribution in [1.82, 2.24) is 10.2 Å². The van der Waals surface area contributed by atoms with Gasteiger partial charge in [-0.2, -0.15) is 0 Å². The van der Waals surface area contributed by atoms with E-state index in [1.807, 2.05) is 16.3 Å². The third kappa shape index (κ3) is 5.08. The number of carbonyl (C=O) groups is 2. The van der Waals surface area contributed by atoms with Crippen LogP contribution in [0.1, 0.15) is 47.3 Å². The van der Waals surface area contributed by atoms with Crippen LogP contribution in [0, 0.1) is 5.82 Å². The van der Waals surface area contributed by atoms with Crippen molar-refractivity contribution >= 4 is 23.2 Å². The highest BCUT2D eigenvalue weighted by molar-refractivity contribution is 7.09. The fourth-order valence-corrected chi connectivity index (χ4v) is 5.02. The van der Waals surface area contributed by atoms with Crippen LogP contribution in [0.2, 0.25) is 0 Å². The fourth-order valence-electron chi connectivity index (χ4n) is 4.31. The van der Waals surface area contributed by atoms with Crippen molar-refractivity contribution in [2.75, 3.05) is 19.6 Å². The zero-order chi connectivity index (χ0) is 21.0. The van der Waals surface area contributed by atoms with E-state index < -0.39 is 0 Å². The molecule has 1 spiro atoms. The number of hydrogen-bond acceptors (Lipinski definition) is 4. The number of thiophene rings is 1. The molecule has 2 aliphatic heterocycles. The lowest BCUT2D eigenvalue weighted by Crippen LogP contribution is -2.47. The van der Waals surface area contributed by atoms with Crippen molar-refractivity contribution in [3.8, 4) is 0 Å². The second kappa shape index (κ2) is 9.27. The highest BCUT2D eigenvalue weighted by Crippen LogP contribution is 2.39. The first-order valence-corrected chi connectivity index (χ1v) is 11.4. The maximum Gasteiger partial charge on any atom is 0.253 e. The number of nitrogens with zero attached hydrogens (tertiary/aromatic N) is 1. The number of rotatable bonds is 6. The summed E-state index contributed by atoms with van der Waals surface area (Å²) in [6.07, 6.45) is 4.79. The Morgan fingerprint density at radius 2 is 1.93 bits per heavy atom. The molecule has 0 aliphatic carbocycles. The molecule has 2 fully saturated rings. The lowest BCUT2D eigenvalue weighted by atomic mass is 9.88. The Bertz CT molecular complexity index is 861. The highest BCUT2D eigenvalue weighted by Gasteiger charge is 2.43. The number of carbonyl (C=O) groups excluding carboxylic acids is 2. The minimum Gasteiger partial charge on any atom is -0.370 e. The minimum atomic E-state index is -0.340. The quantitative estimate of drug-likeness (QED) is 0.759. The summed E-state index contributed by atoms with van der Waals surface area (Å²) in [5.74, 6) is -0.335. The van der Waals surface area contributed by atoms with Crippen LogP contribution in [0.3, 0.4) is 0 Å². The maximum absolute atomic E-state index is 13.1. The Hall–Kier alpha value is -2.25. The van der Waals surface area contributed by atoms with Crippen LogP contribution in [0.25, 0.3) is 0 Å². The van der Waals surface area contributed by atoms with Crippen molar-refractivity contribution in [2.45, 2.75) is 50.2 Å². The first-order valence-electron chi connectivity index (χ1n) is 10.5. The lowest BCUT2D eigenvalue weighted by molar-refractivity contribution is -0.122. The molecule has 160 valence electrons. The maximum atomic E-state index is 13.1. The van der Waals surface area contributed by atoms with Gasteiger partial charge in [-0.25, -0.2) is 4.39 Å². The van der Waals surface area contributed by atoms with Crippen molar-refractivity contribution < 1.29 is 18.7 Å². The molecular weight excluding hydrogens is 403 g/mol. The molecule has 3 heterocycles. The number of likely N-dealkylation sites (tertiary alicyclic amines) is 1. The second-order valence-corrected chi connectivity index (χ2v) is 9.18. The van der Waals surface area contributed by atoms with E-state index in [1.54, 1.807) is 11.3 Å². The molecule has 1 unspecified atom stereocenters. The Kier molecular flexibility index (Phi) is 6.49. The largest absolute Gasteiger partial charge is 0.370 e. The summed E-state index contributed by atoms with van der Waals surface area (Å²) >= 11 is 1.67. The van der Waals surface area contributed by atoms with Gasteiger partial charge in [-0.05, 0) is 67.8 Å². The third-order valence-electron chi connectivity index (χ3n) is 6.10. The van der Waals surface area contributed by atoms with Crippen LogP contribution >= 0.6 is 11.3 Å². The van der Waals surface area contributed by atoms with Gasteiger partial charge in [0.1, 0.15) is 5.82 Å². The highest BCUT2D eigenvalue weighted by atomic mass is 32.1. The van der Waals surface area contributed by atoms with Gasteiger partial charge in [-0.15, -0.1) is 11.3 Å². The number of halogens is 1. The topological polar surface area (TPSA) is 58.6 Å². The van der Waals surface area contributed by atoms with Crippen LogP contribution in [0.4, 0.5) is 4.39 Å². The van der Waals surface area contributed by atoms with Crippen molar-refractivity contribution in [1.29, 1.82) is 0 Å². The van der Waals surface area contributed by atoms with Crippen LogP contribution in [-0.4, -0.2) is 48.1 Å². The molecule has 2 saturated heterocycles. The number of ether oxygens (including phenoxy) is 1. The normalized spacial score (nSPS) is 20.4. The van der Waals surface area contributed by atoms with E-state index in [1.165, 1.54) is 29.1 Å². The number of benzene rings is 1. The van der Waals surface area contributed by atoms with Gasteiger partial charge in [0.05, 0.1) is 11.7 Å². The monoisotopic (exact) mass is 430 g/mol. The summed E-state index contributed by atoms with van der Waals surface area (Å²) in [5, 5.41) is 5.03. The van der Waals surface area contributed by atoms with Crippen molar-refractivity contribution in [2.24, 2.45) is 0 Å². The Labute approximate surface area is 180 Å². The number of hydrogen-bond donors (Lipinski definition) is 1. The smallest absolute Gasteiger partial charge is 0.253 e. The molecule has 5 nitrogen and oxygen atoms in total. The average Bonchev–Trinajstić information content (AvgIpc) is 3.42. The van der Waals surface area contributed by atoms with Gasteiger partial charge in [0, 0.05) is 36.5 Å². The molecule has 0 radical (unpaired) electrons. The van der Waals surface area contributed by atoms with Crippen molar-refractivity contribution in [3.63, 3.8) is 0 Å². The Balaban J connectivity index is 1.20. The van der Waals surface area contributed by atoms with Crippen molar-refractivity contribution in [3.05, 3.63) is 58.0 Å². The van der Waals surface area contributed by atoms with E-state index in [0.29, 0.717) is 31.6 Å². The Morgan fingerprint density at radius 3 is 2.63 bits per heavy atom. The molecule has 4 rings (SSSR count). The Morgan fingerprint density at radius 1 is 1.17 bits per heavy atom. The molecule has 1 aromatic heterocycles. The van der Waals surface area contributed by atoms with Gasteiger partial charge >= 0.3 is 0 Å². The standard InChI is InChI=1S/C23H27FN2O3S/c24-18-5-3-17(4-6-18)22(28)26-13-11-23(12-14-26)10-9-19(29-23)16-25-21(27)8-7-20-2-1-15-30-20/h1-6,15,19H,7-14,16H2,(H,25,27). The summed E-state index contributed by atoms with van der Waals surface area (Å²) < 4.78 is 19.4.